The molecule has 1 aromatic heterocycles. The van der Waals surface area contributed by atoms with Crippen molar-refractivity contribution in [2.24, 2.45) is 0 Å². The zero-order chi connectivity index (χ0) is 19.1. The van der Waals surface area contributed by atoms with Crippen molar-refractivity contribution in [2.75, 3.05) is 5.75 Å². The highest BCUT2D eigenvalue weighted by Gasteiger charge is 2.13. The Balaban J connectivity index is 1.50. The SMILES string of the molecule is Cc1ccccc1-n1cnnc1SCC(=O)NC(C)CCc1ccccc1. The largest absolute Gasteiger partial charge is 0.353 e. The molecule has 140 valence electrons. The number of thioether (sulfide) groups is 1. The van der Waals surface area contributed by atoms with Gasteiger partial charge in [0.2, 0.25) is 5.91 Å². The first-order chi connectivity index (χ1) is 13.1. The summed E-state index contributed by atoms with van der Waals surface area (Å²) in [5.74, 6) is 0.333. The standard InChI is InChI=1S/C21H24N4OS/c1-16-8-6-7-11-19(16)25-15-22-24-21(25)27-14-20(26)23-17(2)12-13-18-9-4-3-5-10-18/h3-11,15,17H,12-14H2,1-2H3,(H,23,26). The Morgan fingerprint density at radius 3 is 2.67 bits per heavy atom. The number of aromatic nitrogens is 3. The van der Waals surface area contributed by atoms with Crippen molar-refractivity contribution in [3.8, 4) is 5.69 Å². The third-order valence-corrected chi connectivity index (χ3v) is 5.28. The van der Waals surface area contributed by atoms with Crippen LogP contribution >= 0.6 is 11.8 Å². The number of carbonyl (C=O) groups excluding carboxylic acids is 1. The van der Waals surface area contributed by atoms with Gasteiger partial charge in [0.25, 0.3) is 0 Å². The maximum Gasteiger partial charge on any atom is 0.230 e. The molecule has 3 aromatic rings. The van der Waals surface area contributed by atoms with Gasteiger partial charge in [0.05, 0.1) is 11.4 Å². The van der Waals surface area contributed by atoms with E-state index in [-0.39, 0.29) is 11.9 Å². The van der Waals surface area contributed by atoms with Gasteiger partial charge in [-0.3, -0.25) is 9.36 Å². The van der Waals surface area contributed by atoms with Crippen molar-refractivity contribution in [3.05, 3.63) is 72.1 Å². The summed E-state index contributed by atoms with van der Waals surface area (Å²) in [6.07, 6.45) is 3.56. The minimum absolute atomic E-state index is 0.0138. The number of carbonyl (C=O) groups is 1. The highest BCUT2D eigenvalue weighted by molar-refractivity contribution is 7.99. The lowest BCUT2D eigenvalue weighted by Gasteiger charge is -2.14. The Hall–Kier alpha value is -2.60. The third-order valence-electron chi connectivity index (χ3n) is 4.34. The molecule has 0 radical (unpaired) electrons. The second-order valence-corrected chi connectivity index (χ2v) is 7.49. The molecule has 1 atom stereocenters. The first-order valence-electron chi connectivity index (χ1n) is 9.05. The van der Waals surface area contributed by atoms with Gasteiger partial charge in [0.15, 0.2) is 5.16 Å². The quantitative estimate of drug-likeness (QED) is 0.604. The number of amides is 1. The molecule has 1 N–H and O–H groups in total. The number of nitrogens with one attached hydrogen (secondary N) is 1. The maximum absolute atomic E-state index is 12.3. The van der Waals surface area contributed by atoms with Crippen LogP contribution in [0.3, 0.4) is 0 Å². The van der Waals surface area contributed by atoms with E-state index in [1.807, 2.05) is 60.9 Å². The van der Waals surface area contributed by atoms with Gasteiger partial charge in [0, 0.05) is 6.04 Å². The molecule has 1 heterocycles. The molecule has 1 amide bonds. The molecule has 0 aliphatic heterocycles. The molecule has 0 spiro atoms. The van der Waals surface area contributed by atoms with E-state index in [0.717, 1.165) is 29.2 Å². The number of aryl methyl sites for hydroxylation is 2. The molecule has 3 rings (SSSR count). The van der Waals surface area contributed by atoms with Crippen LogP contribution in [-0.4, -0.2) is 32.5 Å². The van der Waals surface area contributed by atoms with Crippen molar-refractivity contribution in [2.45, 2.75) is 37.9 Å². The van der Waals surface area contributed by atoms with Crippen LogP contribution in [0.5, 0.6) is 0 Å². The maximum atomic E-state index is 12.3. The van der Waals surface area contributed by atoms with E-state index in [2.05, 4.69) is 27.6 Å². The number of hydrogen-bond donors (Lipinski definition) is 1. The predicted molar refractivity (Wildman–Crippen MR) is 109 cm³/mol. The second-order valence-electron chi connectivity index (χ2n) is 6.55. The fraction of sp³-hybridized carbons (Fsp3) is 0.286. The Labute approximate surface area is 164 Å². The number of hydrogen-bond acceptors (Lipinski definition) is 4. The summed E-state index contributed by atoms with van der Waals surface area (Å²) >= 11 is 1.40. The van der Waals surface area contributed by atoms with Gasteiger partial charge in [0.1, 0.15) is 6.33 Å². The minimum Gasteiger partial charge on any atom is -0.353 e. The van der Waals surface area contributed by atoms with Gasteiger partial charge in [-0.15, -0.1) is 10.2 Å². The van der Waals surface area contributed by atoms with Gasteiger partial charge < -0.3 is 5.32 Å². The molecule has 2 aromatic carbocycles. The van der Waals surface area contributed by atoms with Crippen LogP contribution in [0.2, 0.25) is 0 Å². The lowest BCUT2D eigenvalue weighted by molar-refractivity contribution is -0.119. The Morgan fingerprint density at radius 1 is 1.15 bits per heavy atom. The van der Waals surface area contributed by atoms with E-state index < -0.39 is 0 Å². The van der Waals surface area contributed by atoms with Crippen LogP contribution in [-0.2, 0) is 11.2 Å². The first-order valence-corrected chi connectivity index (χ1v) is 10.0. The molecule has 0 saturated heterocycles. The number of rotatable bonds is 8. The fourth-order valence-electron chi connectivity index (χ4n) is 2.87. The molecular weight excluding hydrogens is 356 g/mol. The summed E-state index contributed by atoms with van der Waals surface area (Å²) in [6, 6.07) is 18.5. The molecule has 5 nitrogen and oxygen atoms in total. The summed E-state index contributed by atoms with van der Waals surface area (Å²) in [5.41, 5.74) is 3.46. The van der Waals surface area contributed by atoms with Crippen molar-refractivity contribution in [1.82, 2.24) is 20.1 Å². The summed E-state index contributed by atoms with van der Waals surface area (Å²) in [5, 5.41) is 11.9. The molecule has 27 heavy (non-hydrogen) atoms. The molecule has 0 bridgehead atoms. The van der Waals surface area contributed by atoms with Crippen LogP contribution < -0.4 is 5.32 Å². The van der Waals surface area contributed by atoms with Crippen LogP contribution in [0.25, 0.3) is 5.69 Å². The smallest absolute Gasteiger partial charge is 0.230 e. The molecule has 0 fully saturated rings. The zero-order valence-electron chi connectivity index (χ0n) is 15.6. The van der Waals surface area contributed by atoms with Crippen molar-refractivity contribution in [1.29, 1.82) is 0 Å². The first kappa shape index (κ1) is 19.2. The summed E-state index contributed by atoms with van der Waals surface area (Å²) in [4.78, 5) is 12.3. The average molecular weight is 381 g/mol. The lowest BCUT2D eigenvalue weighted by Crippen LogP contribution is -2.34. The molecular formula is C21H24N4OS. The Bertz CT molecular complexity index is 879. The summed E-state index contributed by atoms with van der Waals surface area (Å²) in [6.45, 7) is 4.09. The molecule has 0 saturated carbocycles. The van der Waals surface area contributed by atoms with Crippen LogP contribution in [0.1, 0.15) is 24.5 Å². The highest BCUT2D eigenvalue weighted by Crippen LogP contribution is 2.21. The third kappa shape index (κ3) is 5.44. The van der Waals surface area contributed by atoms with E-state index in [0.29, 0.717) is 5.75 Å². The normalized spacial score (nSPS) is 11.9. The van der Waals surface area contributed by atoms with E-state index in [9.17, 15) is 4.79 Å². The number of nitrogens with zero attached hydrogens (tertiary/aromatic N) is 3. The molecule has 6 heteroatoms. The fourth-order valence-corrected chi connectivity index (χ4v) is 3.60. The van der Waals surface area contributed by atoms with Gasteiger partial charge in [-0.05, 0) is 43.9 Å². The molecule has 0 aliphatic rings. The Kier molecular flexibility index (Phi) is 6.65. The lowest BCUT2D eigenvalue weighted by atomic mass is 10.1. The van der Waals surface area contributed by atoms with Crippen molar-refractivity contribution >= 4 is 17.7 Å². The van der Waals surface area contributed by atoms with E-state index >= 15 is 0 Å². The van der Waals surface area contributed by atoms with Gasteiger partial charge >= 0.3 is 0 Å². The Morgan fingerprint density at radius 2 is 1.89 bits per heavy atom. The second kappa shape index (κ2) is 9.37. The van der Waals surface area contributed by atoms with Crippen LogP contribution in [0, 0.1) is 6.92 Å². The topological polar surface area (TPSA) is 59.8 Å². The van der Waals surface area contributed by atoms with E-state index in [1.54, 1.807) is 6.33 Å². The van der Waals surface area contributed by atoms with Crippen LogP contribution in [0.4, 0.5) is 0 Å². The number of benzene rings is 2. The summed E-state index contributed by atoms with van der Waals surface area (Å²) in [7, 11) is 0. The van der Waals surface area contributed by atoms with Crippen LogP contribution in [0.15, 0.2) is 66.1 Å². The predicted octanol–water partition coefficient (Wildman–Crippen LogP) is 3.81. The van der Waals surface area contributed by atoms with Crippen molar-refractivity contribution < 1.29 is 4.79 Å². The average Bonchev–Trinajstić information content (AvgIpc) is 3.14. The molecule has 1 unspecified atom stereocenters. The molecule has 0 aliphatic carbocycles. The minimum atomic E-state index is 0.0138. The monoisotopic (exact) mass is 380 g/mol. The van der Waals surface area contributed by atoms with Crippen molar-refractivity contribution in [3.63, 3.8) is 0 Å². The van der Waals surface area contributed by atoms with E-state index in [1.165, 1.54) is 17.3 Å². The number of para-hydroxylation sites is 1. The zero-order valence-corrected chi connectivity index (χ0v) is 16.4. The van der Waals surface area contributed by atoms with Gasteiger partial charge in [-0.2, -0.15) is 0 Å². The van der Waals surface area contributed by atoms with Gasteiger partial charge in [-0.1, -0.05) is 60.3 Å². The summed E-state index contributed by atoms with van der Waals surface area (Å²) < 4.78 is 1.92. The van der Waals surface area contributed by atoms with E-state index in [4.69, 9.17) is 0 Å². The van der Waals surface area contributed by atoms with Gasteiger partial charge in [-0.25, -0.2) is 0 Å². The highest BCUT2D eigenvalue weighted by atomic mass is 32.2.